The molecular weight excluding hydrogens is 493 g/mol. The molecule has 0 spiro atoms. The first kappa shape index (κ1) is 25.1. The minimum absolute atomic E-state index is 0.143. The highest BCUT2D eigenvalue weighted by Gasteiger charge is 2.48. The van der Waals surface area contributed by atoms with E-state index in [1.165, 1.54) is 11.6 Å². The third kappa shape index (κ3) is 4.95. The molecule has 0 radical (unpaired) electrons. The van der Waals surface area contributed by atoms with E-state index in [-0.39, 0.29) is 42.7 Å². The maximum absolute atomic E-state index is 15.1. The summed E-state index contributed by atoms with van der Waals surface area (Å²) in [5.41, 5.74) is 3.32. The molecule has 2 aliphatic heterocycles. The average Bonchev–Trinajstić information content (AvgIpc) is 3.61. The zero-order chi connectivity index (χ0) is 26.2. The number of hydrogen-bond donors (Lipinski definition) is 3. The van der Waals surface area contributed by atoms with E-state index in [2.05, 4.69) is 15.3 Å². The van der Waals surface area contributed by atoms with Crippen LogP contribution in [0.5, 0.6) is 5.88 Å². The number of aliphatic hydroxyl groups excluding tert-OH is 1. The first-order valence-electron chi connectivity index (χ1n) is 13.3. The largest absolute Gasteiger partial charge is 0.470 e. The van der Waals surface area contributed by atoms with Crippen LogP contribution < -0.4 is 10.1 Å². The monoisotopic (exact) mass is 525 g/mol. The molecule has 0 unspecified atom stereocenters. The van der Waals surface area contributed by atoms with Crippen LogP contribution in [0.3, 0.4) is 0 Å². The zero-order valence-electron chi connectivity index (χ0n) is 21.2. The summed E-state index contributed by atoms with van der Waals surface area (Å²) in [6, 6.07) is 11.2. The standard InChI is InChI=1S/C28H32FN3O6/c1-2-35-28(34)30-18-9-7-16(8-10-18)15-3-5-17(6-4-15)25-19(29)11-20-21(32-25)12-24(31-20)38-23-14-37-26-22(33)13-36-27(23)26/h3-6,11-12,16,18,22-23,26-27,31,33H,2,7-10,13-14H2,1H3,(H,30,34)/t16?,18?,22-,23-,26-,27-/m1/s1. The molecule has 4 heterocycles. The number of ether oxygens (including phenoxy) is 4. The molecular formula is C28H32FN3O6. The molecule has 3 aliphatic rings. The van der Waals surface area contributed by atoms with Crippen LogP contribution in [-0.4, -0.2) is 71.4 Å². The van der Waals surface area contributed by atoms with Gasteiger partial charge in [0.05, 0.1) is 30.9 Å². The van der Waals surface area contributed by atoms with E-state index in [9.17, 15) is 9.90 Å². The van der Waals surface area contributed by atoms with Gasteiger partial charge in [-0.3, -0.25) is 0 Å². The van der Waals surface area contributed by atoms with Crippen molar-refractivity contribution in [3.8, 4) is 17.1 Å². The summed E-state index contributed by atoms with van der Waals surface area (Å²) >= 11 is 0. The van der Waals surface area contributed by atoms with Gasteiger partial charge in [0, 0.05) is 23.7 Å². The number of benzene rings is 1. The molecule has 2 saturated heterocycles. The van der Waals surface area contributed by atoms with Gasteiger partial charge in [-0.15, -0.1) is 0 Å². The van der Waals surface area contributed by atoms with Gasteiger partial charge in [-0.05, 0) is 44.1 Å². The van der Waals surface area contributed by atoms with Crippen molar-refractivity contribution in [2.24, 2.45) is 0 Å². The van der Waals surface area contributed by atoms with E-state index < -0.39 is 11.9 Å². The second-order valence-corrected chi connectivity index (χ2v) is 10.2. The first-order valence-corrected chi connectivity index (χ1v) is 13.3. The van der Waals surface area contributed by atoms with Crippen molar-refractivity contribution in [3.63, 3.8) is 0 Å². The molecule has 202 valence electrons. The predicted octanol–water partition coefficient (Wildman–Crippen LogP) is 4.05. The Bertz CT molecular complexity index is 1290. The number of H-pyrrole nitrogens is 1. The van der Waals surface area contributed by atoms with Gasteiger partial charge in [0.15, 0.2) is 17.8 Å². The van der Waals surface area contributed by atoms with Gasteiger partial charge < -0.3 is 34.4 Å². The van der Waals surface area contributed by atoms with Crippen LogP contribution in [0.4, 0.5) is 9.18 Å². The molecule has 3 aromatic rings. The number of pyridine rings is 1. The number of nitrogens with one attached hydrogen (secondary N) is 2. The highest BCUT2D eigenvalue weighted by molar-refractivity contribution is 5.81. The lowest BCUT2D eigenvalue weighted by atomic mass is 9.81. The predicted molar refractivity (Wildman–Crippen MR) is 137 cm³/mol. The Morgan fingerprint density at radius 2 is 1.89 bits per heavy atom. The average molecular weight is 526 g/mol. The Morgan fingerprint density at radius 1 is 1.13 bits per heavy atom. The van der Waals surface area contributed by atoms with E-state index >= 15 is 4.39 Å². The summed E-state index contributed by atoms with van der Waals surface area (Å²) < 4.78 is 37.3. The normalized spacial score (nSPS) is 28.8. The van der Waals surface area contributed by atoms with Gasteiger partial charge in [0.1, 0.15) is 24.0 Å². The fourth-order valence-electron chi connectivity index (χ4n) is 5.80. The van der Waals surface area contributed by atoms with E-state index in [0.29, 0.717) is 41.6 Å². The van der Waals surface area contributed by atoms with Gasteiger partial charge in [0.25, 0.3) is 0 Å². The van der Waals surface area contributed by atoms with Crippen LogP contribution in [0.2, 0.25) is 0 Å². The third-order valence-electron chi connectivity index (χ3n) is 7.77. The topological polar surface area (TPSA) is 115 Å². The molecule has 38 heavy (non-hydrogen) atoms. The zero-order valence-corrected chi connectivity index (χ0v) is 21.2. The molecule has 3 fully saturated rings. The highest BCUT2D eigenvalue weighted by atomic mass is 19.1. The SMILES string of the molecule is CCOC(=O)NC1CCC(c2ccc(-c3nc4cc(O[C@@H]5CO[C@H]6[C@@H]5OC[C@H]6O)[nH]c4cc3F)cc2)CC1. The lowest BCUT2D eigenvalue weighted by Crippen LogP contribution is -2.37. The van der Waals surface area contributed by atoms with Gasteiger partial charge in [0.2, 0.25) is 0 Å². The third-order valence-corrected chi connectivity index (χ3v) is 7.77. The van der Waals surface area contributed by atoms with Gasteiger partial charge in [-0.25, -0.2) is 14.2 Å². The molecule has 6 rings (SSSR count). The summed E-state index contributed by atoms with van der Waals surface area (Å²) in [6.45, 7) is 2.70. The first-order chi connectivity index (χ1) is 18.5. The number of rotatable bonds is 6. The van der Waals surface area contributed by atoms with Gasteiger partial charge in [-0.1, -0.05) is 24.3 Å². The molecule has 1 aromatic carbocycles. The molecule has 0 bridgehead atoms. The van der Waals surface area contributed by atoms with Gasteiger partial charge >= 0.3 is 6.09 Å². The maximum Gasteiger partial charge on any atom is 0.407 e. The van der Waals surface area contributed by atoms with E-state index in [1.54, 1.807) is 13.0 Å². The molecule has 1 amide bonds. The summed E-state index contributed by atoms with van der Waals surface area (Å²) in [7, 11) is 0. The number of alkyl carbamates (subject to hydrolysis) is 1. The number of fused-ring (bicyclic) bond motifs is 2. The molecule has 9 nitrogen and oxygen atoms in total. The Hall–Kier alpha value is -3.21. The van der Waals surface area contributed by atoms with Crippen LogP contribution >= 0.6 is 0 Å². The minimum atomic E-state index is -0.649. The summed E-state index contributed by atoms with van der Waals surface area (Å²) in [6.07, 6.45) is 1.66. The van der Waals surface area contributed by atoms with Crippen molar-refractivity contribution < 1.29 is 33.2 Å². The molecule has 3 N–H and O–H groups in total. The molecule has 1 saturated carbocycles. The van der Waals surface area contributed by atoms with Crippen molar-refractivity contribution in [1.29, 1.82) is 0 Å². The summed E-state index contributed by atoms with van der Waals surface area (Å²) in [5.74, 6) is 0.431. The second-order valence-electron chi connectivity index (χ2n) is 10.2. The van der Waals surface area contributed by atoms with Crippen LogP contribution in [0, 0.1) is 5.82 Å². The molecule has 4 atom stereocenters. The van der Waals surface area contributed by atoms with Crippen LogP contribution in [0.15, 0.2) is 36.4 Å². The number of aliphatic hydroxyl groups is 1. The number of carbonyl (C=O) groups excluding carboxylic acids is 1. The maximum atomic E-state index is 15.1. The van der Waals surface area contributed by atoms with Crippen LogP contribution in [-0.2, 0) is 14.2 Å². The fourth-order valence-corrected chi connectivity index (χ4v) is 5.80. The van der Waals surface area contributed by atoms with Crippen molar-refractivity contribution >= 4 is 17.1 Å². The van der Waals surface area contributed by atoms with E-state index in [4.69, 9.17) is 18.9 Å². The van der Waals surface area contributed by atoms with Crippen LogP contribution in [0.1, 0.15) is 44.1 Å². The number of carbonyl (C=O) groups is 1. The smallest absolute Gasteiger partial charge is 0.407 e. The number of aromatic amines is 1. The van der Waals surface area contributed by atoms with Crippen molar-refractivity contribution in [2.45, 2.75) is 69.0 Å². The number of hydrogen-bond acceptors (Lipinski definition) is 7. The number of nitrogens with zero attached hydrogens (tertiary/aromatic N) is 1. The fraction of sp³-hybridized carbons (Fsp3) is 0.500. The molecule has 1 aliphatic carbocycles. The van der Waals surface area contributed by atoms with Gasteiger partial charge in [-0.2, -0.15) is 0 Å². The lowest BCUT2D eigenvalue weighted by molar-refractivity contribution is 0.00794. The Balaban J connectivity index is 1.12. The van der Waals surface area contributed by atoms with E-state index in [1.807, 2.05) is 24.3 Å². The quantitative estimate of drug-likeness (QED) is 0.445. The molecule has 10 heteroatoms. The Kier molecular flexibility index (Phi) is 6.94. The number of amides is 1. The van der Waals surface area contributed by atoms with Crippen molar-refractivity contribution in [3.05, 3.63) is 47.8 Å². The minimum Gasteiger partial charge on any atom is -0.470 e. The Morgan fingerprint density at radius 3 is 2.66 bits per heavy atom. The second kappa shape index (κ2) is 10.5. The Labute approximate surface area is 219 Å². The highest BCUT2D eigenvalue weighted by Crippen LogP contribution is 2.35. The number of halogens is 1. The van der Waals surface area contributed by atoms with E-state index in [0.717, 1.165) is 25.7 Å². The van der Waals surface area contributed by atoms with Crippen molar-refractivity contribution in [2.75, 3.05) is 19.8 Å². The van der Waals surface area contributed by atoms with Crippen LogP contribution in [0.25, 0.3) is 22.3 Å². The summed E-state index contributed by atoms with van der Waals surface area (Å²) in [5, 5.41) is 12.9. The molecule has 2 aromatic heterocycles. The lowest BCUT2D eigenvalue weighted by Gasteiger charge is -2.29. The number of aromatic nitrogens is 2. The summed E-state index contributed by atoms with van der Waals surface area (Å²) in [4.78, 5) is 19.3. The van der Waals surface area contributed by atoms with Crippen molar-refractivity contribution in [1.82, 2.24) is 15.3 Å².